The monoisotopic (exact) mass is 319 g/mol. The number of nitrogens with zero attached hydrogens (tertiary/aromatic N) is 3. The third-order valence-corrected chi connectivity index (χ3v) is 4.07. The molecular formula is C20H21N3O. The number of carbonyl (C=O) groups is 1. The first-order valence-corrected chi connectivity index (χ1v) is 8.27. The highest BCUT2D eigenvalue weighted by atomic mass is 16.2. The fourth-order valence-electron chi connectivity index (χ4n) is 2.70. The molecule has 2 aromatic heterocycles. The van der Waals surface area contributed by atoms with E-state index in [1.807, 2.05) is 55.6 Å². The Bertz CT molecular complexity index is 846. The van der Waals surface area contributed by atoms with Gasteiger partial charge in [-0.25, -0.2) is 4.98 Å². The van der Waals surface area contributed by atoms with Gasteiger partial charge in [-0.15, -0.1) is 0 Å². The molecule has 122 valence electrons. The fraction of sp³-hybridized carbons (Fsp3) is 0.250. The van der Waals surface area contributed by atoms with Crippen LogP contribution in [0.5, 0.6) is 0 Å². The molecule has 0 aliphatic carbocycles. The lowest BCUT2D eigenvalue weighted by Crippen LogP contribution is -2.28. The number of unbranched alkanes of at least 4 members (excludes halogenated alkanes) is 1. The minimum Gasteiger partial charge on any atom is -0.342 e. The summed E-state index contributed by atoms with van der Waals surface area (Å²) >= 11 is 0. The lowest BCUT2D eigenvalue weighted by Gasteiger charge is -2.18. The smallest absolute Gasteiger partial charge is 0.254 e. The summed E-state index contributed by atoms with van der Waals surface area (Å²) in [6.45, 7) is 2.88. The van der Waals surface area contributed by atoms with Crippen LogP contribution in [0, 0.1) is 0 Å². The lowest BCUT2D eigenvalue weighted by molar-refractivity contribution is 0.0795. The Morgan fingerprint density at radius 2 is 1.88 bits per heavy atom. The Hall–Kier alpha value is -2.75. The summed E-state index contributed by atoms with van der Waals surface area (Å²) in [6, 6.07) is 15.3. The van der Waals surface area contributed by atoms with Gasteiger partial charge in [-0.2, -0.15) is 0 Å². The van der Waals surface area contributed by atoms with Gasteiger partial charge in [-0.05, 0) is 30.7 Å². The van der Waals surface area contributed by atoms with Crippen LogP contribution < -0.4 is 0 Å². The van der Waals surface area contributed by atoms with E-state index < -0.39 is 0 Å². The molecular weight excluding hydrogens is 298 g/mol. The minimum absolute atomic E-state index is 0.0271. The van der Waals surface area contributed by atoms with Crippen LogP contribution in [0.4, 0.5) is 0 Å². The predicted molar refractivity (Wildman–Crippen MR) is 96.8 cm³/mol. The molecule has 0 aliphatic heterocycles. The Morgan fingerprint density at radius 1 is 1.08 bits per heavy atom. The summed E-state index contributed by atoms with van der Waals surface area (Å²) in [7, 11) is 1.85. The molecule has 0 radical (unpaired) electrons. The van der Waals surface area contributed by atoms with Gasteiger partial charge < -0.3 is 4.90 Å². The molecule has 3 rings (SSSR count). The van der Waals surface area contributed by atoms with E-state index in [2.05, 4.69) is 16.9 Å². The van der Waals surface area contributed by atoms with Gasteiger partial charge in [0.1, 0.15) is 0 Å². The zero-order valence-corrected chi connectivity index (χ0v) is 14.1. The van der Waals surface area contributed by atoms with Crippen LogP contribution in [0.15, 0.2) is 54.7 Å². The molecule has 0 bridgehead atoms. The Labute approximate surface area is 142 Å². The summed E-state index contributed by atoms with van der Waals surface area (Å²) in [6.07, 6.45) is 3.80. The number of rotatable bonds is 5. The normalized spacial score (nSPS) is 10.8. The van der Waals surface area contributed by atoms with Crippen molar-refractivity contribution >= 4 is 16.8 Å². The molecule has 0 unspecified atom stereocenters. The van der Waals surface area contributed by atoms with E-state index in [9.17, 15) is 4.79 Å². The standard InChI is InChI=1S/C20H21N3O/c1-3-4-13-23(2)20(24)16-14-19(18-11-7-8-12-21-18)22-17-10-6-5-9-15(16)17/h5-12,14H,3-4,13H2,1-2H3. The number of pyridine rings is 2. The second-order valence-electron chi connectivity index (χ2n) is 5.87. The summed E-state index contributed by atoms with van der Waals surface area (Å²) in [5.74, 6) is 0.0271. The van der Waals surface area contributed by atoms with Crippen molar-refractivity contribution in [3.05, 3.63) is 60.3 Å². The first-order chi connectivity index (χ1) is 11.7. The minimum atomic E-state index is 0.0271. The summed E-state index contributed by atoms with van der Waals surface area (Å²) in [4.78, 5) is 23.8. The summed E-state index contributed by atoms with van der Waals surface area (Å²) < 4.78 is 0. The Kier molecular flexibility index (Phi) is 4.85. The largest absolute Gasteiger partial charge is 0.342 e. The van der Waals surface area contributed by atoms with E-state index in [1.165, 1.54) is 0 Å². The van der Waals surface area contributed by atoms with Gasteiger partial charge in [-0.3, -0.25) is 9.78 Å². The fourth-order valence-corrected chi connectivity index (χ4v) is 2.70. The number of amides is 1. The van der Waals surface area contributed by atoms with E-state index in [0.717, 1.165) is 41.7 Å². The first-order valence-electron chi connectivity index (χ1n) is 8.27. The highest BCUT2D eigenvalue weighted by Gasteiger charge is 2.17. The maximum absolute atomic E-state index is 12.9. The predicted octanol–water partition coefficient (Wildman–Crippen LogP) is 4.17. The molecule has 0 saturated heterocycles. The molecule has 4 nitrogen and oxygen atoms in total. The summed E-state index contributed by atoms with van der Waals surface area (Å²) in [5.41, 5.74) is 2.99. The van der Waals surface area contributed by atoms with Crippen LogP contribution >= 0.6 is 0 Å². The van der Waals surface area contributed by atoms with E-state index in [1.54, 1.807) is 11.1 Å². The molecule has 0 N–H and O–H groups in total. The molecule has 0 aliphatic rings. The molecule has 0 atom stereocenters. The maximum Gasteiger partial charge on any atom is 0.254 e. The quantitative estimate of drug-likeness (QED) is 0.709. The van der Waals surface area contributed by atoms with E-state index in [0.29, 0.717) is 5.56 Å². The highest BCUT2D eigenvalue weighted by Crippen LogP contribution is 2.24. The Balaban J connectivity index is 2.10. The first kappa shape index (κ1) is 16.1. The van der Waals surface area contributed by atoms with E-state index in [-0.39, 0.29) is 5.91 Å². The molecule has 3 aromatic rings. The summed E-state index contributed by atoms with van der Waals surface area (Å²) in [5, 5.41) is 0.880. The van der Waals surface area contributed by atoms with Crippen molar-refractivity contribution in [3.8, 4) is 11.4 Å². The number of hydrogen-bond acceptors (Lipinski definition) is 3. The van der Waals surface area contributed by atoms with Crippen molar-refractivity contribution in [1.29, 1.82) is 0 Å². The van der Waals surface area contributed by atoms with Gasteiger partial charge in [0, 0.05) is 25.2 Å². The lowest BCUT2D eigenvalue weighted by atomic mass is 10.0. The number of carbonyl (C=O) groups excluding carboxylic acids is 1. The number of hydrogen-bond donors (Lipinski definition) is 0. The molecule has 1 aromatic carbocycles. The van der Waals surface area contributed by atoms with Crippen LogP contribution in [-0.2, 0) is 0 Å². The number of benzene rings is 1. The maximum atomic E-state index is 12.9. The van der Waals surface area contributed by atoms with Crippen molar-refractivity contribution < 1.29 is 4.79 Å². The van der Waals surface area contributed by atoms with Crippen molar-refractivity contribution in [2.75, 3.05) is 13.6 Å². The third-order valence-electron chi connectivity index (χ3n) is 4.07. The van der Waals surface area contributed by atoms with Crippen molar-refractivity contribution in [1.82, 2.24) is 14.9 Å². The molecule has 0 fully saturated rings. The van der Waals surface area contributed by atoms with Gasteiger partial charge in [0.15, 0.2) is 0 Å². The van der Waals surface area contributed by atoms with Gasteiger partial charge >= 0.3 is 0 Å². The van der Waals surface area contributed by atoms with Crippen molar-refractivity contribution in [2.24, 2.45) is 0 Å². The zero-order valence-electron chi connectivity index (χ0n) is 14.1. The van der Waals surface area contributed by atoms with E-state index in [4.69, 9.17) is 0 Å². The average Bonchev–Trinajstić information content (AvgIpc) is 2.65. The molecule has 1 amide bonds. The third kappa shape index (κ3) is 3.27. The van der Waals surface area contributed by atoms with Gasteiger partial charge in [0.25, 0.3) is 5.91 Å². The molecule has 24 heavy (non-hydrogen) atoms. The number of fused-ring (bicyclic) bond motifs is 1. The van der Waals surface area contributed by atoms with Crippen LogP contribution in [-0.4, -0.2) is 34.4 Å². The van der Waals surface area contributed by atoms with Crippen molar-refractivity contribution in [2.45, 2.75) is 19.8 Å². The number of para-hydroxylation sites is 1. The van der Waals surface area contributed by atoms with Gasteiger partial charge in [-0.1, -0.05) is 37.6 Å². The average molecular weight is 319 g/mol. The second kappa shape index (κ2) is 7.21. The SMILES string of the molecule is CCCCN(C)C(=O)c1cc(-c2ccccn2)nc2ccccc12. The van der Waals surface area contributed by atoms with E-state index >= 15 is 0 Å². The van der Waals surface area contributed by atoms with Crippen LogP contribution in [0.2, 0.25) is 0 Å². The van der Waals surface area contributed by atoms with Crippen LogP contribution in [0.25, 0.3) is 22.3 Å². The Morgan fingerprint density at radius 3 is 2.62 bits per heavy atom. The van der Waals surface area contributed by atoms with Crippen molar-refractivity contribution in [3.63, 3.8) is 0 Å². The van der Waals surface area contributed by atoms with Gasteiger partial charge in [0.05, 0.1) is 22.5 Å². The molecule has 0 spiro atoms. The van der Waals surface area contributed by atoms with Crippen LogP contribution in [0.3, 0.4) is 0 Å². The topological polar surface area (TPSA) is 46.1 Å². The second-order valence-corrected chi connectivity index (χ2v) is 5.87. The zero-order chi connectivity index (χ0) is 16.9. The molecule has 2 heterocycles. The van der Waals surface area contributed by atoms with Gasteiger partial charge in [0.2, 0.25) is 0 Å². The highest BCUT2D eigenvalue weighted by molar-refractivity contribution is 6.07. The van der Waals surface area contributed by atoms with Crippen LogP contribution in [0.1, 0.15) is 30.1 Å². The number of aromatic nitrogens is 2. The molecule has 0 saturated carbocycles. The molecule has 4 heteroatoms.